The van der Waals surface area contributed by atoms with E-state index in [0.29, 0.717) is 5.92 Å². The first-order valence-electron chi connectivity index (χ1n) is 12.8. The highest BCUT2D eigenvalue weighted by atomic mass is 16.5. The standard InChI is InChI=1S/C30H39N3O/c1-4-25-11-9-12-27(22-25)30(28-13-7-8-17-31-28)32-24(3)26-15-18-33(19-16-26)20-21-34-29-14-6-5-10-23(29)2/h7-14,17,22,26,30,32H,3-6,15-16,18-21H2,1-2H3. The molecular formula is C30H39N3O. The molecular weight excluding hydrogens is 418 g/mol. The SMILES string of the molecule is C=C(NC(c1cccc(CC)c1)c1ccccn1)C1CCN(CCOC2=CCCC=C2C)CC1. The van der Waals surface area contributed by atoms with Crippen LogP contribution in [-0.2, 0) is 11.2 Å². The minimum absolute atomic E-state index is 0.0201. The van der Waals surface area contributed by atoms with Gasteiger partial charge in [0, 0.05) is 24.4 Å². The van der Waals surface area contributed by atoms with E-state index in [9.17, 15) is 0 Å². The molecule has 4 nitrogen and oxygen atoms in total. The predicted octanol–water partition coefficient (Wildman–Crippen LogP) is 6.19. The fraction of sp³-hybridized carbons (Fsp3) is 0.433. The van der Waals surface area contributed by atoms with Gasteiger partial charge in [0.1, 0.15) is 12.4 Å². The van der Waals surface area contributed by atoms with Crippen LogP contribution < -0.4 is 5.32 Å². The lowest BCUT2D eigenvalue weighted by molar-refractivity contribution is 0.133. The Balaban J connectivity index is 1.31. The Hall–Kier alpha value is -2.85. The molecule has 34 heavy (non-hydrogen) atoms. The molecule has 0 amide bonds. The van der Waals surface area contributed by atoms with Crippen molar-refractivity contribution in [2.24, 2.45) is 5.92 Å². The van der Waals surface area contributed by atoms with Crippen LogP contribution in [0.3, 0.4) is 0 Å². The molecule has 1 fully saturated rings. The van der Waals surface area contributed by atoms with E-state index in [1.165, 1.54) is 16.7 Å². The minimum Gasteiger partial charge on any atom is -0.492 e. The molecule has 0 saturated carbocycles. The molecule has 1 saturated heterocycles. The van der Waals surface area contributed by atoms with Crippen LogP contribution in [0.15, 0.2) is 84.4 Å². The van der Waals surface area contributed by atoms with Crippen molar-refractivity contribution in [3.63, 3.8) is 0 Å². The van der Waals surface area contributed by atoms with Crippen molar-refractivity contribution in [2.75, 3.05) is 26.2 Å². The summed E-state index contributed by atoms with van der Waals surface area (Å²) in [5.74, 6) is 1.55. The summed E-state index contributed by atoms with van der Waals surface area (Å²) in [6.45, 7) is 12.7. The number of piperidine rings is 1. The first-order valence-corrected chi connectivity index (χ1v) is 12.8. The number of hydrogen-bond acceptors (Lipinski definition) is 4. The maximum atomic E-state index is 6.06. The van der Waals surface area contributed by atoms with Gasteiger partial charge in [0.25, 0.3) is 0 Å². The Kier molecular flexibility index (Phi) is 8.59. The summed E-state index contributed by atoms with van der Waals surface area (Å²) in [5.41, 5.74) is 6.03. The molecule has 1 aliphatic heterocycles. The van der Waals surface area contributed by atoms with Crippen molar-refractivity contribution < 1.29 is 4.74 Å². The van der Waals surface area contributed by atoms with Gasteiger partial charge < -0.3 is 10.1 Å². The fourth-order valence-corrected chi connectivity index (χ4v) is 4.91. The summed E-state index contributed by atoms with van der Waals surface area (Å²) in [4.78, 5) is 7.19. The Morgan fingerprint density at radius 3 is 2.71 bits per heavy atom. The number of hydrogen-bond donors (Lipinski definition) is 1. The number of likely N-dealkylation sites (tertiary alicyclic amines) is 1. The van der Waals surface area contributed by atoms with Gasteiger partial charge >= 0.3 is 0 Å². The summed E-state index contributed by atoms with van der Waals surface area (Å²) in [7, 11) is 0. The van der Waals surface area contributed by atoms with Crippen LogP contribution in [0.5, 0.6) is 0 Å². The third-order valence-electron chi connectivity index (χ3n) is 7.09. The summed E-state index contributed by atoms with van der Waals surface area (Å²) in [6, 6.07) is 15.0. The van der Waals surface area contributed by atoms with E-state index in [4.69, 9.17) is 4.74 Å². The van der Waals surface area contributed by atoms with Crippen molar-refractivity contribution >= 4 is 0 Å². The zero-order chi connectivity index (χ0) is 23.8. The number of nitrogens with one attached hydrogen (secondary N) is 1. The molecule has 1 N–H and O–H groups in total. The van der Waals surface area contributed by atoms with Gasteiger partial charge in [-0.05, 0) is 87.0 Å². The van der Waals surface area contributed by atoms with E-state index in [2.05, 4.69) is 84.2 Å². The number of nitrogens with zero attached hydrogens (tertiary/aromatic N) is 2. The van der Waals surface area contributed by atoms with Gasteiger partial charge in [-0.25, -0.2) is 0 Å². The molecule has 1 unspecified atom stereocenters. The number of benzene rings is 1. The summed E-state index contributed by atoms with van der Waals surface area (Å²) < 4.78 is 6.06. The van der Waals surface area contributed by atoms with E-state index < -0.39 is 0 Å². The van der Waals surface area contributed by atoms with Crippen molar-refractivity contribution in [3.8, 4) is 0 Å². The third kappa shape index (κ3) is 6.38. The molecule has 0 radical (unpaired) electrons. The van der Waals surface area contributed by atoms with E-state index in [1.54, 1.807) is 0 Å². The first-order chi connectivity index (χ1) is 16.6. The number of aryl methyl sites for hydroxylation is 1. The Bertz CT molecular complexity index is 1000. The highest BCUT2D eigenvalue weighted by Crippen LogP contribution is 2.28. The van der Waals surface area contributed by atoms with Crippen LogP contribution >= 0.6 is 0 Å². The Morgan fingerprint density at radius 2 is 1.97 bits per heavy atom. The second-order valence-corrected chi connectivity index (χ2v) is 9.45. The molecule has 4 rings (SSSR count). The maximum absolute atomic E-state index is 6.06. The van der Waals surface area contributed by atoms with Crippen molar-refractivity contribution in [3.05, 3.63) is 101 Å². The van der Waals surface area contributed by atoms with Crippen LogP contribution in [-0.4, -0.2) is 36.1 Å². The molecule has 0 bridgehead atoms. The van der Waals surface area contributed by atoms with Crippen LogP contribution in [0, 0.1) is 5.92 Å². The molecule has 1 atom stereocenters. The molecule has 2 heterocycles. The largest absolute Gasteiger partial charge is 0.492 e. The van der Waals surface area contributed by atoms with Crippen LogP contribution in [0.2, 0.25) is 0 Å². The number of allylic oxidation sites excluding steroid dienone is 4. The number of aromatic nitrogens is 1. The zero-order valence-corrected chi connectivity index (χ0v) is 20.8. The highest BCUT2D eigenvalue weighted by Gasteiger charge is 2.24. The Morgan fingerprint density at radius 1 is 1.15 bits per heavy atom. The van der Waals surface area contributed by atoms with Gasteiger partial charge in [-0.15, -0.1) is 0 Å². The number of ether oxygens (including phenoxy) is 1. The van der Waals surface area contributed by atoms with Gasteiger partial charge in [0.05, 0.1) is 11.7 Å². The van der Waals surface area contributed by atoms with Gasteiger partial charge in [-0.3, -0.25) is 9.88 Å². The molecule has 2 aromatic rings. The van der Waals surface area contributed by atoms with E-state index >= 15 is 0 Å². The summed E-state index contributed by atoms with van der Waals surface area (Å²) in [6.07, 6.45) is 11.9. The molecule has 0 spiro atoms. The van der Waals surface area contributed by atoms with Crippen LogP contribution in [0.4, 0.5) is 0 Å². The molecule has 4 heteroatoms. The molecule has 2 aliphatic rings. The second kappa shape index (κ2) is 12.0. The van der Waals surface area contributed by atoms with E-state index in [0.717, 1.165) is 75.5 Å². The smallest absolute Gasteiger partial charge is 0.117 e. The lowest BCUT2D eigenvalue weighted by Crippen LogP contribution is -2.38. The van der Waals surface area contributed by atoms with Gasteiger partial charge in [-0.2, -0.15) is 0 Å². The van der Waals surface area contributed by atoms with Crippen LogP contribution in [0.25, 0.3) is 0 Å². The normalized spacial score (nSPS) is 18.1. The maximum Gasteiger partial charge on any atom is 0.117 e. The van der Waals surface area contributed by atoms with Crippen molar-refractivity contribution in [1.82, 2.24) is 15.2 Å². The quantitative estimate of drug-likeness (QED) is 0.462. The molecule has 1 aliphatic carbocycles. The summed E-state index contributed by atoms with van der Waals surface area (Å²) in [5, 5.41) is 3.76. The van der Waals surface area contributed by atoms with Crippen molar-refractivity contribution in [1.29, 1.82) is 0 Å². The molecule has 180 valence electrons. The van der Waals surface area contributed by atoms with Crippen molar-refractivity contribution in [2.45, 2.75) is 52.0 Å². The second-order valence-electron chi connectivity index (χ2n) is 9.45. The van der Waals surface area contributed by atoms with Gasteiger partial charge in [-0.1, -0.05) is 49.9 Å². The first kappa shape index (κ1) is 24.3. The van der Waals surface area contributed by atoms with Gasteiger partial charge in [0.2, 0.25) is 0 Å². The highest BCUT2D eigenvalue weighted by molar-refractivity contribution is 5.33. The average molecular weight is 458 g/mol. The third-order valence-corrected chi connectivity index (χ3v) is 7.09. The monoisotopic (exact) mass is 457 g/mol. The van der Waals surface area contributed by atoms with E-state index in [-0.39, 0.29) is 6.04 Å². The lowest BCUT2D eigenvalue weighted by Gasteiger charge is -2.34. The molecule has 1 aromatic heterocycles. The lowest BCUT2D eigenvalue weighted by atomic mass is 9.92. The van der Waals surface area contributed by atoms with Crippen LogP contribution in [0.1, 0.15) is 62.4 Å². The topological polar surface area (TPSA) is 37.4 Å². The number of rotatable bonds is 10. The van der Waals surface area contributed by atoms with Gasteiger partial charge in [0.15, 0.2) is 0 Å². The zero-order valence-electron chi connectivity index (χ0n) is 20.8. The molecule has 1 aromatic carbocycles. The number of pyridine rings is 1. The summed E-state index contributed by atoms with van der Waals surface area (Å²) >= 11 is 0. The predicted molar refractivity (Wildman–Crippen MR) is 140 cm³/mol. The Labute approximate surface area is 205 Å². The van der Waals surface area contributed by atoms with E-state index in [1.807, 2.05) is 12.3 Å². The minimum atomic E-state index is 0.0201. The fourth-order valence-electron chi connectivity index (χ4n) is 4.91. The average Bonchev–Trinajstić information content (AvgIpc) is 2.89.